The van der Waals surface area contributed by atoms with Crippen molar-refractivity contribution >= 4 is 23.7 Å². The van der Waals surface area contributed by atoms with Crippen molar-refractivity contribution < 1.29 is 14.4 Å². The minimum atomic E-state index is -1.13. The Bertz CT molecular complexity index is 1140. The average molecular weight is 448 g/mol. The number of imide groups is 1. The molecule has 5 rings (SSSR count). The van der Waals surface area contributed by atoms with Crippen LogP contribution in [0.4, 0.5) is 10.6 Å². The van der Waals surface area contributed by atoms with Crippen LogP contribution in [-0.2, 0) is 10.3 Å². The summed E-state index contributed by atoms with van der Waals surface area (Å²) in [7, 11) is 0. The summed E-state index contributed by atoms with van der Waals surface area (Å²) in [4.78, 5) is 46.4. The van der Waals surface area contributed by atoms with Gasteiger partial charge in [0.25, 0.3) is 11.8 Å². The predicted molar refractivity (Wildman–Crippen MR) is 124 cm³/mol. The number of urea groups is 1. The van der Waals surface area contributed by atoms with E-state index in [-0.39, 0.29) is 11.4 Å². The molecule has 8 heteroatoms. The molecule has 2 saturated heterocycles. The van der Waals surface area contributed by atoms with Gasteiger partial charge in [-0.25, -0.2) is 9.78 Å². The first kappa shape index (κ1) is 21.4. The Morgan fingerprint density at radius 3 is 2.39 bits per heavy atom. The first-order valence-electron chi connectivity index (χ1n) is 11.5. The van der Waals surface area contributed by atoms with Crippen LogP contribution in [0.2, 0.25) is 0 Å². The van der Waals surface area contributed by atoms with Gasteiger partial charge in [0.05, 0.1) is 5.54 Å². The summed E-state index contributed by atoms with van der Waals surface area (Å²) < 4.78 is 0. The normalized spacial score (nSPS) is 23.8. The van der Waals surface area contributed by atoms with Crippen LogP contribution in [0, 0.1) is 13.8 Å². The van der Waals surface area contributed by atoms with E-state index in [0.717, 1.165) is 49.3 Å². The highest BCUT2D eigenvalue weighted by atomic mass is 16.2. The number of hydrogen-bond acceptors (Lipinski definition) is 5. The number of aryl methyl sites for hydroxylation is 2. The molecule has 0 bridgehead atoms. The number of aromatic nitrogens is 1. The van der Waals surface area contributed by atoms with Crippen molar-refractivity contribution in [2.45, 2.75) is 51.1 Å². The Hall–Kier alpha value is -3.42. The van der Waals surface area contributed by atoms with Gasteiger partial charge < -0.3 is 15.1 Å². The van der Waals surface area contributed by atoms with E-state index >= 15 is 0 Å². The van der Waals surface area contributed by atoms with Gasteiger partial charge in [-0.05, 0) is 68.9 Å². The van der Waals surface area contributed by atoms with Gasteiger partial charge in [0.15, 0.2) is 0 Å². The topological polar surface area (TPSA) is 94.6 Å². The highest BCUT2D eigenvalue weighted by Gasteiger charge is 2.49. The van der Waals surface area contributed by atoms with E-state index in [1.807, 2.05) is 18.0 Å². The number of amides is 4. The number of anilines is 1. The maximum atomic E-state index is 13.5. The van der Waals surface area contributed by atoms with Gasteiger partial charge in [0, 0.05) is 31.4 Å². The Kier molecular flexibility index (Phi) is 4.92. The van der Waals surface area contributed by atoms with Crippen molar-refractivity contribution in [1.82, 2.24) is 20.5 Å². The van der Waals surface area contributed by atoms with Crippen molar-refractivity contribution in [2.75, 3.05) is 24.5 Å². The molecular weight excluding hydrogens is 418 g/mol. The van der Waals surface area contributed by atoms with Gasteiger partial charge in [-0.15, -0.1) is 0 Å². The molecule has 1 aromatic carbocycles. The zero-order valence-electron chi connectivity index (χ0n) is 19.3. The molecule has 4 amide bonds. The van der Waals surface area contributed by atoms with Gasteiger partial charge >= 0.3 is 6.03 Å². The van der Waals surface area contributed by atoms with Crippen LogP contribution in [0.15, 0.2) is 36.5 Å². The molecule has 33 heavy (non-hydrogen) atoms. The molecule has 2 N–H and O–H groups in total. The summed E-state index contributed by atoms with van der Waals surface area (Å²) in [5, 5.41) is 4.93. The minimum Gasteiger partial charge on any atom is -0.352 e. The summed E-state index contributed by atoms with van der Waals surface area (Å²) in [6.07, 6.45) is 5.00. The zero-order valence-corrected chi connectivity index (χ0v) is 19.3. The van der Waals surface area contributed by atoms with Crippen LogP contribution in [0.3, 0.4) is 0 Å². The molecule has 0 radical (unpaired) electrons. The number of benzene rings is 1. The molecule has 1 aromatic heterocycles. The van der Waals surface area contributed by atoms with E-state index in [0.29, 0.717) is 17.7 Å². The SMILES string of the molecule is Cc1cnc(N2CCN(C(=O)c3ccc([C@@]4(C)NC(=O)NC4=O)cc3)C3(CCC3)C2)c(C)c1. The predicted octanol–water partition coefficient (Wildman–Crippen LogP) is 2.64. The highest BCUT2D eigenvalue weighted by Crippen LogP contribution is 2.42. The Morgan fingerprint density at radius 1 is 1.09 bits per heavy atom. The smallest absolute Gasteiger partial charge is 0.322 e. The van der Waals surface area contributed by atoms with E-state index in [1.165, 1.54) is 0 Å². The summed E-state index contributed by atoms with van der Waals surface area (Å²) in [5.74, 6) is 0.629. The second kappa shape index (κ2) is 7.57. The molecular formula is C25H29N5O3. The Morgan fingerprint density at radius 2 is 1.82 bits per heavy atom. The van der Waals surface area contributed by atoms with Crippen molar-refractivity contribution in [1.29, 1.82) is 0 Å². The highest BCUT2D eigenvalue weighted by molar-refractivity contribution is 6.07. The van der Waals surface area contributed by atoms with Crippen LogP contribution in [0.1, 0.15) is 53.2 Å². The summed E-state index contributed by atoms with van der Waals surface area (Å²) in [5.41, 5.74) is 2.26. The average Bonchev–Trinajstić information content (AvgIpc) is 3.04. The number of hydrogen-bond donors (Lipinski definition) is 2. The molecule has 2 aliphatic heterocycles. The fourth-order valence-corrected chi connectivity index (χ4v) is 5.38. The lowest BCUT2D eigenvalue weighted by molar-refractivity contribution is -0.123. The number of rotatable bonds is 3. The first-order valence-corrected chi connectivity index (χ1v) is 11.5. The van der Waals surface area contributed by atoms with Crippen LogP contribution in [-0.4, -0.2) is 52.9 Å². The van der Waals surface area contributed by atoms with E-state index in [9.17, 15) is 14.4 Å². The summed E-state index contributed by atoms with van der Waals surface area (Å²) >= 11 is 0. The van der Waals surface area contributed by atoms with Gasteiger partial charge in [-0.1, -0.05) is 18.2 Å². The third kappa shape index (κ3) is 3.44. The van der Waals surface area contributed by atoms with Crippen molar-refractivity contribution in [3.8, 4) is 0 Å². The molecule has 1 saturated carbocycles. The lowest BCUT2D eigenvalue weighted by atomic mass is 9.73. The van der Waals surface area contributed by atoms with Crippen LogP contribution < -0.4 is 15.5 Å². The number of nitrogens with zero attached hydrogens (tertiary/aromatic N) is 3. The minimum absolute atomic E-state index is 0.0135. The third-order valence-corrected chi connectivity index (χ3v) is 7.42. The van der Waals surface area contributed by atoms with Crippen molar-refractivity contribution in [2.24, 2.45) is 0 Å². The molecule has 3 heterocycles. The molecule has 8 nitrogen and oxygen atoms in total. The number of pyridine rings is 1. The molecule has 0 unspecified atom stereocenters. The summed E-state index contributed by atoms with van der Waals surface area (Å²) in [6, 6.07) is 8.66. The quantitative estimate of drug-likeness (QED) is 0.706. The van der Waals surface area contributed by atoms with E-state index in [4.69, 9.17) is 0 Å². The van der Waals surface area contributed by atoms with Gasteiger partial charge in [0.1, 0.15) is 11.4 Å². The van der Waals surface area contributed by atoms with Gasteiger partial charge in [0.2, 0.25) is 0 Å². The second-order valence-electron chi connectivity index (χ2n) is 9.72. The maximum absolute atomic E-state index is 13.5. The second-order valence-corrected chi connectivity index (χ2v) is 9.72. The van der Waals surface area contributed by atoms with Crippen molar-refractivity contribution in [3.63, 3.8) is 0 Å². The Labute approximate surface area is 193 Å². The number of piperazine rings is 1. The van der Waals surface area contributed by atoms with Crippen molar-refractivity contribution in [3.05, 3.63) is 58.8 Å². The molecule has 1 spiro atoms. The zero-order chi connectivity index (χ0) is 23.4. The summed E-state index contributed by atoms with van der Waals surface area (Å²) in [6.45, 7) is 7.98. The van der Waals surface area contributed by atoms with E-state index < -0.39 is 17.5 Å². The molecule has 1 aliphatic carbocycles. The monoisotopic (exact) mass is 447 g/mol. The lowest BCUT2D eigenvalue weighted by Crippen LogP contribution is -2.67. The largest absolute Gasteiger partial charge is 0.352 e. The van der Waals surface area contributed by atoms with Crippen LogP contribution >= 0.6 is 0 Å². The van der Waals surface area contributed by atoms with Gasteiger partial charge in [-0.3, -0.25) is 14.9 Å². The fourth-order valence-electron chi connectivity index (χ4n) is 5.38. The molecule has 2 aromatic rings. The standard InChI is InChI=1S/C25H29N5O3/c1-16-13-17(2)20(26-14-16)29-11-12-30(25(15-29)9-4-10-25)21(31)18-5-7-19(8-6-18)24(3)22(32)27-23(33)28-24/h5-8,13-14H,4,9-12,15H2,1-3H3,(H2,27,28,32,33)/t24-/m1/s1. The first-order chi connectivity index (χ1) is 15.7. The maximum Gasteiger partial charge on any atom is 0.322 e. The van der Waals surface area contributed by atoms with Crippen LogP contribution in [0.25, 0.3) is 0 Å². The molecule has 3 fully saturated rings. The third-order valence-electron chi connectivity index (χ3n) is 7.42. The fraction of sp³-hybridized carbons (Fsp3) is 0.440. The lowest BCUT2D eigenvalue weighted by Gasteiger charge is -2.56. The van der Waals surface area contributed by atoms with E-state index in [1.54, 1.807) is 31.2 Å². The number of nitrogens with one attached hydrogen (secondary N) is 2. The number of carbonyl (C=O) groups is 3. The van der Waals surface area contributed by atoms with E-state index in [2.05, 4.69) is 33.5 Å². The van der Waals surface area contributed by atoms with Gasteiger partial charge in [-0.2, -0.15) is 0 Å². The number of carbonyl (C=O) groups excluding carboxylic acids is 3. The Balaban J connectivity index is 1.36. The molecule has 172 valence electrons. The molecule has 1 atom stereocenters. The van der Waals surface area contributed by atoms with Crippen LogP contribution in [0.5, 0.6) is 0 Å². The molecule has 3 aliphatic rings.